The Bertz CT molecular complexity index is 1350. The zero-order valence-electron chi connectivity index (χ0n) is 51.2. The molecule has 0 aliphatic heterocycles. The van der Waals surface area contributed by atoms with Crippen LogP contribution in [0.3, 0.4) is 0 Å². The van der Waals surface area contributed by atoms with Crippen molar-refractivity contribution in [3.8, 4) is 23.7 Å². The maximum absolute atomic E-state index is 2.96. The Labute approximate surface area is 423 Å². The molecule has 3 aromatic carbocycles. The van der Waals surface area contributed by atoms with Gasteiger partial charge in [0.2, 0.25) is 0 Å². The van der Waals surface area contributed by atoms with Gasteiger partial charge < -0.3 is 0 Å². The van der Waals surface area contributed by atoms with Crippen LogP contribution >= 0.6 is 0 Å². The lowest BCUT2D eigenvalue weighted by Crippen LogP contribution is -1.79. The Morgan fingerprint density at radius 3 is 0.576 bits per heavy atom. The van der Waals surface area contributed by atoms with E-state index in [9.17, 15) is 0 Å². The summed E-state index contributed by atoms with van der Waals surface area (Å²) in [7, 11) is 0. The molecule has 0 spiro atoms. The first kappa shape index (κ1) is 95.9. The third kappa shape index (κ3) is 90.4. The average Bonchev–Trinajstić information content (AvgIpc) is 3.38. The van der Waals surface area contributed by atoms with Crippen LogP contribution in [0, 0.1) is 23.7 Å². The fraction of sp³-hybridized carbons (Fsp3) is 0.545. The van der Waals surface area contributed by atoms with Crippen molar-refractivity contribution in [1.82, 2.24) is 0 Å². The second kappa shape index (κ2) is 95.1. The van der Waals surface area contributed by atoms with Gasteiger partial charge in [-0.25, -0.2) is 0 Å². The lowest BCUT2D eigenvalue weighted by molar-refractivity contribution is 1.23. The molecule has 0 N–H and O–H groups in total. The van der Waals surface area contributed by atoms with Crippen molar-refractivity contribution >= 4 is 11.1 Å². The van der Waals surface area contributed by atoms with E-state index in [1.165, 1.54) is 55.7 Å². The summed E-state index contributed by atoms with van der Waals surface area (Å²) in [6.45, 7) is 71.3. The smallest absolute Gasteiger partial charge is 0.0245 e. The standard InChI is InChI=1S/2C11H14.C9H8.2C6H12.C4H6.9C2H6.CH4/c2*1-9(2)10(3)11-7-5-4-6-8-11;1-2-6-9-7-4-3-5-8-9;2*1-5(2)6(3)4;1-3-4-2;9*1-2;/h2*4-8H,1-3H3;3-5,7-8H,1H3;2*1-4H3;1-2H3;9*1-2H3;1H4. The number of rotatable bonds is 2. The van der Waals surface area contributed by atoms with Crippen molar-refractivity contribution < 1.29 is 0 Å². The van der Waals surface area contributed by atoms with E-state index in [2.05, 4.69) is 169 Å². The normalized spacial score (nSPS) is 6.65. The van der Waals surface area contributed by atoms with Crippen LogP contribution in [0.5, 0.6) is 0 Å². The summed E-state index contributed by atoms with van der Waals surface area (Å²) in [4.78, 5) is 0. The number of hydrogen-bond donors (Lipinski definition) is 0. The molecule has 0 saturated heterocycles. The molecule has 0 radical (unpaired) electrons. The van der Waals surface area contributed by atoms with Crippen molar-refractivity contribution in [2.75, 3.05) is 0 Å². The summed E-state index contributed by atoms with van der Waals surface area (Å²) in [6.07, 6.45) is 0. The highest BCUT2D eigenvalue weighted by atomic mass is 14.0. The molecule has 3 aromatic rings. The van der Waals surface area contributed by atoms with Gasteiger partial charge in [-0.05, 0) is 152 Å². The van der Waals surface area contributed by atoms with Crippen molar-refractivity contribution in [2.24, 2.45) is 0 Å². The van der Waals surface area contributed by atoms with Crippen molar-refractivity contribution in [3.05, 3.63) is 141 Å². The van der Waals surface area contributed by atoms with E-state index in [0.717, 1.165) is 5.56 Å². The molecule has 0 unspecified atom stereocenters. The molecule has 0 fully saturated rings. The lowest BCUT2D eigenvalue weighted by atomic mass is 10.0. The van der Waals surface area contributed by atoms with E-state index in [1.54, 1.807) is 0 Å². The molecule has 388 valence electrons. The second-order valence-corrected chi connectivity index (χ2v) is 12.2. The molecule has 3 rings (SSSR count). The van der Waals surface area contributed by atoms with Gasteiger partial charge in [0.1, 0.15) is 0 Å². The van der Waals surface area contributed by atoms with Crippen LogP contribution < -0.4 is 0 Å². The Morgan fingerprint density at radius 2 is 0.439 bits per heavy atom. The van der Waals surface area contributed by atoms with Gasteiger partial charge in [-0.3, -0.25) is 0 Å². The van der Waals surface area contributed by atoms with E-state index in [-0.39, 0.29) is 7.43 Å². The summed E-state index contributed by atoms with van der Waals surface area (Å²) in [6, 6.07) is 30.9. The van der Waals surface area contributed by atoms with Crippen LogP contribution in [-0.4, -0.2) is 0 Å². The minimum absolute atomic E-state index is 0. The number of allylic oxidation sites excluding steroid dienone is 8. The SMILES string of the molecule is C.CC.CC.CC.CC.CC.CC.CC.CC.CC.CC#CC.CC#Cc1ccccc1.CC(C)=C(C)C.CC(C)=C(C)C.CC(C)=C(C)c1ccccc1.CC(C)=C(C)c1ccccc1. The third-order valence-electron chi connectivity index (χ3n) is 7.21. The van der Waals surface area contributed by atoms with Gasteiger partial charge in [0.05, 0.1) is 0 Å². The second-order valence-electron chi connectivity index (χ2n) is 12.2. The quantitative estimate of drug-likeness (QED) is 0.177. The maximum Gasteiger partial charge on any atom is 0.0245 e. The first-order valence-corrected chi connectivity index (χ1v) is 25.5. The van der Waals surface area contributed by atoms with E-state index in [0.29, 0.717) is 0 Å². The predicted octanol–water partition coefficient (Wildman–Crippen LogP) is 24.7. The highest BCUT2D eigenvalue weighted by Gasteiger charge is 1.94. The topological polar surface area (TPSA) is 0 Å². The fourth-order valence-electron chi connectivity index (χ4n) is 2.62. The minimum atomic E-state index is 0. The first-order chi connectivity index (χ1) is 31.1. The summed E-state index contributed by atoms with van der Waals surface area (Å²) >= 11 is 0. The molecule has 0 heterocycles. The number of hydrogen-bond acceptors (Lipinski definition) is 0. The highest BCUT2D eigenvalue weighted by Crippen LogP contribution is 2.17. The zero-order chi connectivity index (χ0) is 54.8. The minimum Gasteiger partial charge on any atom is -0.107 e. The molecule has 0 aliphatic carbocycles. The highest BCUT2D eigenvalue weighted by molar-refractivity contribution is 5.66. The predicted molar refractivity (Wildman–Crippen MR) is 327 cm³/mol. The van der Waals surface area contributed by atoms with Crippen LogP contribution in [0.4, 0.5) is 0 Å². The number of benzene rings is 3. The van der Waals surface area contributed by atoms with Crippen molar-refractivity contribution in [2.45, 2.75) is 250 Å². The van der Waals surface area contributed by atoms with Gasteiger partial charge in [-0.15, -0.1) is 17.8 Å². The molecule has 0 heteroatoms. The summed E-state index contributed by atoms with van der Waals surface area (Å²) in [5.41, 5.74) is 15.0. The zero-order valence-corrected chi connectivity index (χ0v) is 51.2. The van der Waals surface area contributed by atoms with E-state index < -0.39 is 0 Å². The molecule has 0 amide bonds. The van der Waals surface area contributed by atoms with Gasteiger partial charge in [0.15, 0.2) is 0 Å². The molecule has 0 saturated carbocycles. The maximum atomic E-state index is 2.96. The Balaban J connectivity index is -0.0000000440. The van der Waals surface area contributed by atoms with Crippen molar-refractivity contribution in [3.63, 3.8) is 0 Å². The van der Waals surface area contributed by atoms with Crippen LogP contribution in [0.1, 0.15) is 266 Å². The Kier molecular flexibility index (Phi) is 138. The third-order valence-corrected chi connectivity index (χ3v) is 7.21. The van der Waals surface area contributed by atoms with Gasteiger partial charge in [-0.1, -0.05) is 250 Å². The van der Waals surface area contributed by atoms with Gasteiger partial charge in [0.25, 0.3) is 0 Å². The lowest BCUT2D eigenvalue weighted by Gasteiger charge is -2.02. The average molecular weight is 918 g/mol. The molecule has 0 atom stereocenters. The van der Waals surface area contributed by atoms with E-state index >= 15 is 0 Å². The van der Waals surface area contributed by atoms with Gasteiger partial charge in [0, 0.05) is 5.56 Å². The molecule has 0 aromatic heterocycles. The fourth-order valence-corrected chi connectivity index (χ4v) is 2.62. The van der Waals surface area contributed by atoms with Crippen molar-refractivity contribution in [1.29, 1.82) is 0 Å². The Hall–Kier alpha value is -4.26. The first-order valence-electron chi connectivity index (χ1n) is 25.5. The molecule has 0 nitrogen and oxygen atoms in total. The van der Waals surface area contributed by atoms with Crippen LogP contribution in [0.2, 0.25) is 0 Å². The summed E-state index contributed by atoms with van der Waals surface area (Å²) in [5, 5.41) is 0. The summed E-state index contributed by atoms with van der Waals surface area (Å²) in [5.74, 6) is 11.2. The Morgan fingerprint density at radius 1 is 0.258 bits per heavy atom. The van der Waals surface area contributed by atoms with Crippen LogP contribution in [0.25, 0.3) is 11.1 Å². The molecule has 0 bridgehead atoms. The van der Waals surface area contributed by atoms with E-state index in [1.807, 2.05) is 188 Å². The summed E-state index contributed by atoms with van der Waals surface area (Å²) < 4.78 is 0. The van der Waals surface area contributed by atoms with Crippen LogP contribution in [-0.2, 0) is 0 Å². The molecule has 0 aliphatic rings. The molecule has 66 heavy (non-hydrogen) atoms. The van der Waals surface area contributed by atoms with Crippen LogP contribution in [0.15, 0.2) is 124 Å². The van der Waals surface area contributed by atoms with E-state index in [4.69, 9.17) is 0 Å². The largest absolute Gasteiger partial charge is 0.107 e. The molecular weight excluding hydrogens is 793 g/mol. The van der Waals surface area contributed by atoms with Gasteiger partial charge in [-0.2, -0.15) is 0 Å². The monoisotopic (exact) mass is 917 g/mol. The van der Waals surface area contributed by atoms with Gasteiger partial charge >= 0.3 is 0 Å². The molecular formula is C66H124.